The van der Waals surface area contributed by atoms with Crippen LogP contribution in [0, 0.1) is 5.92 Å². The van der Waals surface area contributed by atoms with Crippen LogP contribution in [0.2, 0.25) is 0 Å². The lowest BCUT2D eigenvalue weighted by atomic mass is 9.92. The van der Waals surface area contributed by atoms with Gasteiger partial charge in [0.2, 0.25) is 5.91 Å². The molecule has 0 spiro atoms. The summed E-state index contributed by atoms with van der Waals surface area (Å²) in [5, 5.41) is 5.19. The molecule has 14 heavy (non-hydrogen) atoms. The number of carbonyl (C=O) groups excluding carboxylic acids is 2. The topological polar surface area (TPSA) is 58.2 Å². The second-order valence-corrected chi connectivity index (χ2v) is 5.50. The highest BCUT2D eigenvalue weighted by Crippen LogP contribution is 2.30. The predicted octanol–water partition coefficient (Wildman–Crippen LogP) is 1.19. The van der Waals surface area contributed by atoms with Crippen molar-refractivity contribution >= 4 is 34.5 Å². The minimum atomic E-state index is -0.334. The number of rotatable bonds is 0. The Bertz CT molecular complexity index is 270. The Labute approximate surface area is 96.3 Å². The summed E-state index contributed by atoms with van der Waals surface area (Å²) < 4.78 is 0.384. The fourth-order valence-corrected chi connectivity index (χ4v) is 3.31. The molecule has 2 fully saturated rings. The van der Waals surface area contributed by atoms with Gasteiger partial charge >= 0.3 is 6.03 Å². The summed E-state index contributed by atoms with van der Waals surface area (Å²) in [4.78, 5) is 22.7. The number of carbonyl (C=O) groups is 2. The zero-order valence-electron chi connectivity index (χ0n) is 7.75. The molecule has 0 radical (unpaired) electrons. The number of imide groups is 1. The fraction of sp³-hybridized carbons (Fsp3) is 0.778. The molecule has 5 heteroatoms. The molecular weight excluding hydrogens is 295 g/mol. The molecule has 4 nitrogen and oxygen atoms in total. The SMILES string of the molecule is O=C1NC(=O)[C@@H]2CCCCC(I)C2N1. The van der Waals surface area contributed by atoms with Crippen LogP contribution in [0.3, 0.4) is 0 Å². The highest BCUT2D eigenvalue weighted by molar-refractivity contribution is 14.1. The quantitative estimate of drug-likeness (QED) is 0.522. The lowest BCUT2D eigenvalue weighted by molar-refractivity contribution is -0.125. The van der Waals surface area contributed by atoms with E-state index in [0.717, 1.165) is 25.7 Å². The van der Waals surface area contributed by atoms with Gasteiger partial charge in [-0.05, 0) is 12.8 Å². The lowest BCUT2D eigenvalue weighted by Crippen LogP contribution is -2.60. The van der Waals surface area contributed by atoms with Crippen LogP contribution in [-0.2, 0) is 4.79 Å². The average molecular weight is 308 g/mol. The van der Waals surface area contributed by atoms with E-state index in [0.29, 0.717) is 3.92 Å². The van der Waals surface area contributed by atoms with Gasteiger partial charge in [0, 0.05) is 3.92 Å². The van der Waals surface area contributed by atoms with Gasteiger partial charge in [0.25, 0.3) is 0 Å². The van der Waals surface area contributed by atoms with E-state index in [1.54, 1.807) is 0 Å². The maximum Gasteiger partial charge on any atom is 0.321 e. The molecule has 0 aromatic carbocycles. The Hall–Kier alpha value is -0.330. The van der Waals surface area contributed by atoms with Crippen molar-refractivity contribution in [3.8, 4) is 0 Å². The Morgan fingerprint density at radius 2 is 1.93 bits per heavy atom. The summed E-state index contributed by atoms with van der Waals surface area (Å²) in [5.74, 6) is -0.112. The molecule has 0 aromatic heterocycles. The number of halogens is 1. The van der Waals surface area contributed by atoms with Crippen LogP contribution >= 0.6 is 22.6 Å². The van der Waals surface area contributed by atoms with Crippen molar-refractivity contribution < 1.29 is 9.59 Å². The summed E-state index contributed by atoms with van der Waals surface area (Å²) in [6.45, 7) is 0. The van der Waals surface area contributed by atoms with Gasteiger partial charge in [0.15, 0.2) is 0 Å². The molecule has 1 saturated carbocycles. The van der Waals surface area contributed by atoms with E-state index in [1.165, 1.54) is 0 Å². The number of nitrogens with one attached hydrogen (secondary N) is 2. The van der Waals surface area contributed by atoms with Crippen molar-refractivity contribution in [3.63, 3.8) is 0 Å². The highest BCUT2D eigenvalue weighted by Gasteiger charge is 2.39. The molecule has 78 valence electrons. The van der Waals surface area contributed by atoms with E-state index in [-0.39, 0.29) is 23.9 Å². The van der Waals surface area contributed by atoms with E-state index >= 15 is 0 Å². The maximum atomic E-state index is 11.6. The van der Waals surface area contributed by atoms with Gasteiger partial charge in [-0.15, -0.1) is 0 Å². The smallest absolute Gasteiger partial charge is 0.321 e. The third-order valence-corrected chi connectivity index (χ3v) is 4.34. The van der Waals surface area contributed by atoms with Gasteiger partial charge in [-0.1, -0.05) is 35.4 Å². The molecule has 3 atom stereocenters. The van der Waals surface area contributed by atoms with Crippen molar-refractivity contribution in [1.82, 2.24) is 10.6 Å². The summed E-state index contributed by atoms with van der Waals surface area (Å²) >= 11 is 2.34. The first-order valence-corrected chi connectivity index (χ1v) is 6.18. The largest absolute Gasteiger partial charge is 0.333 e. The van der Waals surface area contributed by atoms with Crippen molar-refractivity contribution in [3.05, 3.63) is 0 Å². The Kier molecular flexibility index (Phi) is 2.94. The number of fused-ring (bicyclic) bond motifs is 1. The first-order valence-electron chi connectivity index (χ1n) is 4.94. The van der Waals surface area contributed by atoms with Gasteiger partial charge < -0.3 is 5.32 Å². The van der Waals surface area contributed by atoms with Crippen LogP contribution in [0.1, 0.15) is 25.7 Å². The first-order chi connectivity index (χ1) is 6.68. The summed E-state index contributed by atoms with van der Waals surface area (Å²) in [7, 11) is 0. The number of amides is 3. The first kappa shape index (κ1) is 10.2. The standard InChI is InChI=1S/C9H13IN2O2/c10-6-4-2-1-3-5-7(6)11-9(14)12-8(5)13/h5-7H,1-4H2,(H2,11,12,13,14)/t5-,6?,7?/m1/s1. The Morgan fingerprint density at radius 3 is 2.71 bits per heavy atom. The molecule has 0 bridgehead atoms. The van der Waals surface area contributed by atoms with Gasteiger partial charge in [-0.3, -0.25) is 10.1 Å². The van der Waals surface area contributed by atoms with Crippen LogP contribution in [0.15, 0.2) is 0 Å². The zero-order valence-corrected chi connectivity index (χ0v) is 9.91. The molecule has 0 aromatic rings. The highest BCUT2D eigenvalue weighted by atomic mass is 127. The molecular formula is C9H13IN2O2. The van der Waals surface area contributed by atoms with E-state index < -0.39 is 0 Å². The van der Waals surface area contributed by atoms with Crippen LogP contribution in [-0.4, -0.2) is 21.9 Å². The van der Waals surface area contributed by atoms with Gasteiger partial charge in [0.1, 0.15) is 0 Å². The number of hydrogen-bond donors (Lipinski definition) is 2. The molecule has 1 aliphatic heterocycles. The van der Waals surface area contributed by atoms with Crippen molar-refractivity contribution in [1.29, 1.82) is 0 Å². The second kappa shape index (κ2) is 4.04. The van der Waals surface area contributed by atoms with Crippen molar-refractivity contribution in [2.45, 2.75) is 35.6 Å². The van der Waals surface area contributed by atoms with Gasteiger partial charge in [-0.2, -0.15) is 0 Å². The van der Waals surface area contributed by atoms with E-state index in [9.17, 15) is 9.59 Å². The molecule has 1 heterocycles. The predicted molar refractivity (Wildman–Crippen MR) is 60.2 cm³/mol. The zero-order chi connectivity index (χ0) is 10.1. The van der Waals surface area contributed by atoms with Crippen LogP contribution < -0.4 is 10.6 Å². The Morgan fingerprint density at radius 1 is 1.21 bits per heavy atom. The lowest BCUT2D eigenvalue weighted by Gasteiger charge is -2.32. The minimum absolute atomic E-state index is 0.0166. The summed E-state index contributed by atoms with van der Waals surface area (Å²) in [6.07, 6.45) is 4.24. The molecule has 2 N–H and O–H groups in total. The van der Waals surface area contributed by atoms with Crippen LogP contribution in [0.5, 0.6) is 0 Å². The fourth-order valence-electron chi connectivity index (χ4n) is 2.19. The monoisotopic (exact) mass is 308 g/mol. The third kappa shape index (κ3) is 1.87. The van der Waals surface area contributed by atoms with Crippen LogP contribution in [0.4, 0.5) is 4.79 Å². The average Bonchev–Trinajstić information content (AvgIpc) is 2.29. The summed E-state index contributed by atoms with van der Waals surface area (Å²) in [5.41, 5.74) is 0. The third-order valence-electron chi connectivity index (χ3n) is 2.94. The molecule has 1 aliphatic carbocycles. The summed E-state index contributed by atoms with van der Waals surface area (Å²) in [6, 6.07) is -0.292. The molecule has 3 amide bonds. The van der Waals surface area contributed by atoms with E-state index in [1.807, 2.05) is 0 Å². The minimum Gasteiger partial charge on any atom is -0.333 e. The van der Waals surface area contributed by atoms with Crippen molar-refractivity contribution in [2.75, 3.05) is 0 Å². The maximum absolute atomic E-state index is 11.6. The molecule has 2 rings (SSSR count). The molecule has 2 unspecified atom stereocenters. The van der Waals surface area contributed by atoms with Crippen LogP contribution in [0.25, 0.3) is 0 Å². The molecule has 2 aliphatic rings. The molecule has 1 saturated heterocycles. The Balaban J connectivity index is 2.18. The second-order valence-electron chi connectivity index (χ2n) is 3.90. The van der Waals surface area contributed by atoms with Gasteiger partial charge in [0.05, 0.1) is 12.0 Å². The number of hydrogen-bond acceptors (Lipinski definition) is 2. The normalized spacial score (nSPS) is 37.9. The van der Waals surface area contributed by atoms with E-state index in [4.69, 9.17) is 0 Å². The number of urea groups is 1. The van der Waals surface area contributed by atoms with Crippen molar-refractivity contribution in [2.24, 2.45) is 5.92 Å². The number of alkyl halides is 1. The van der Waals surface area contributed by atoms with E-state index in [2.05, 4.69) is 33.2 Å². The van der Waals surface area contributed by atoms with Gasteiger partial charge in [-0.25, -0.2) is 4.79 Å².